The Kier molecular flexibility index (Phi) is 5.70. The SMILES string of the molecule is COc1ccccc1Nc1cc(NC(=O)O)cc(C(=O)NC2Cc3ccccc3C2)n1. The third-order valence-electron chi connectivity index (χ3n) is 5.07. The number of amides is 2. The van der Waals surface area contributed by atoms with E-state index in [1.54, 1.807) is 19.2 Å². The molecule has 1 aromatic heterocycles. The number of fused-ring (bicyclic) bond motifs is 1. The van der Waals surface area contributed by atoms with Crippen molar-refractivity contribution in [2.24, 2.45) is 0 Å². The van der Waals surface area contributed by atoms with Crippen LogP contribution in [0.15, 0.2) is 60.7 Å². The quantitative estimate of drug-likeness (QED) is 0.484. The van der Waals surface area contributed by atoms with Crippen LogP contribution >= 0.6 is 0 Å². The number of methoxy groups -OCH3 is 1. The van der Waals surface area contributed by atoms with E-state index in [1.807, 2.05) is 24.3 Å². The zero-order valence-electron chi connectivity index (χ0n) is 16.9. The summed E-state index contributed by atoms with van der Waals surface area (Å²) in [5.74, 6) is 0.543. The van der Waals surface area contributed by atoms with Gasteiger partial charge in [0.05, 0.1) is 18.5 Å². The third-order valence-corrected chi connectivity index (χ3v) is 5.07. The van der Waals surface area contributed by atoms with Crippen LogP contribution in [0.3, 0.4) is 0 Å². The Hall–Kier alpha value is -4.07. The van der Waals surface area contributed by atoms with Crippen molar-refractivity contribution in [1.82, 2.24) is 10.3 Å². The van der Waals surface area contributed by atoms with Crippen LogP contribution in [-0.4, -0.2) is 35.2 Å². The van der Waals surface area contributed by atoms with E-state index in [4.69, 9.17) is 9.84 Å². The molecule has 3 aromatic rings. The van der Waals surface area contributed by atoms with Crippen molar-refractivity contribution in [3.8, 4) is 5.75 Å². The minimum absolute atomic E-state index is 0.0339. The van der Waals surface area contributed by atoms with Crippen LogP contribution in [0.1, 0.15) is 21.6 Å². The molecule has 2 aromatic carbocycles. The Bertz CT molecular complexity index is 1110. The molecule has 1 aliphatic rings. The molecule has 0 fully saturated rings. The zero-order chi connectivity index (χ0) is 21.8. The first-order valence-electron chi connectivity index (χ1n) is 9.81. The van der Waals surface area contributed by atoms with Gasteiger partial charge in [-0.25, -0.2) is 9.78 Å². The number of carboxylic acid groups (broad SMARTS) is 1. The van der Waals surface area contributed by atoms with Crippen LogP contribution in [0.4, 0.5) is 22.0 Å². The molecule has 0 saturated carbocycles. The molecule has 31 heavy (non-hydrogen) atoms. The zero-order valence-corrected chi connectivity index (χ0v) is 16.9. The number of ether oxygens (including phenoxy) is 1. The van der Waals surface area contributed by atoms with Gasteiger partial charge in [0.15, 0.2) is 0 Å². The predicted molar refractivity (Wildman–Crippen MR) is 117 cm³/mol. The fourth-order valence-electron chi connectivity index (χ4n) is 3.71. The first-order valence-corrected chi connectivity index (χ1v) is 9.81. The van der Waals surface area contributed by atoms with E-state index in [0.29, 0.717) is 17.3 Å². The molecule has 0 saturated heterocycles. The van der Waals surface area contributed by atoms with E-state index in [-0.39, 0.29) is 23.3 Å². The summed E-state index contributed by atoms with van der Waals surface area (Å²) in [4.78, 5) is 28.5. The highest BCUT2D eigenvalue weighted by Crippen LogP contribution is 2.28. The smallest absolute Gasteiger partial charge is 0.409 e. The molecular formula is C23H22N4O4. The van der Waals surface area contributed by atoms with Gasteiger partial charge in [-0.3, -0.25) is 10.1 Å². The number of hydrogen-bond donors (Lipinski definition) is 4. The van der Waals surface area contributed by atoms with Crippen LogP contribution < -0.4 is 20.7 Å². The molecule has 0 unspecified atom stereocenters. The Morgan fingerprint density at radius 2 is 1.71 bits per heavy atom. The van der Waals surface area contributed by atoms with Crippen molar-refractivity contribution in [1.29, 1.82) is 0 Å². The monoisotopic (exact) mass is 418 g/mol. The van der Waals surface area contributed by atoms with E-state index in [0.717, 1.165) is 12.8 Å². The van der Waals surface area contributed by atoms with Crippen LogP contribution in [0.5, 0.6) is 5.75 Å². The number of hydrogen-bond acceptors (Lipinski definition) is 5. The van der Waals surface area contributed by atoms with Gasteiger partial charge in [0.1, 0.15) is 17.3 Å². The standard InChI is InChI=1S/C23H22N4O4/c1-31-20-9-5-4-8-18(20)26-21-13-17(25-23(29)30)12-19(27-21)22(28)24-16-10-14-6-2-3-7-15(14)11-16/h2-9,12-13,16H,10-11H2,1H3,(H,24,28)(H,29,30)(H2,25,26,27). The van der Waals surface area contributed by atoms with Gasteiger partial charge in [0.25, 0.3) is 5.91 Å². The Labute approximate surface area is 179 Å². The number of rotatable bonds is 6. The molecule has 0 spiro atoms. The second-order valence-corrected chi connectivity index (χ2v) is 7.23. The number of pyridine rings is 1. The number of nitrogens with one attached hydrogen (secondary N) is 3. The molecule has 4 N–H and O–H groups in total. The maximum Gasteiger partial charge on any atom is 0.409 e. The fourth-order valence-corrected chi connectivity index (χ4v) is 3.71. The molecule has 0 bridgehead atoms. The summed E-state index contributed by atoms with van der Waals surface area (Å²) in [6, 6.07) is 18.2. The average Bonchev–Trinajstić information content (AvgIpc) is 3.15. The van der Waals surface area contributed by atoms with E-state index >= 15 is 0 Å². The molecule has 0 radical (unpaired) electrons. The van der Waals surface area contributed by atoms with Crippen LogP contribution in [0, 0.1) is 0 Å². The molecule has 8 nitrogen and oxygen atoms in total. The lowest BCUT2D eigenvalue weighted by Gasteiger charge is -2.15. The number of carbonyl (C=O) groups is 2. The fraction of sp³-hybridized carbons (Fsp3) is 0.174. The van der Waals surface area contributed by atoms with Gasteiger partial charge in [-0.2, -0.15) is 0 Å². The maximum atomic E-state index is 12.9. The average molecular weight is 418 g/mol. The molecule has 1 heterocycles. The van der Waals surface area contributed by atoms with Gasteiger partial charge < -0.3 is 20.5 Å². The Morgan fingerprint density at radius 1 is 1.03 bits per heavy atom. The molecule has 0 atom stereocenters. The summed E-state index contributed by atoms with van der Waals surface area (Å²) >= 11 is 0. The number of nitrogens with zero attached hydrogens (tertiary/aromatic N) is 1. The van der Waals surface area contributed by atoms with Gasteiger partial charge in [0.2, 0.25) is 0 Å². The summed E-state index contributed by atoms with van der Waals surface area (Å²) in [6.07, 6.45) is 0.273. The van der Waals surface area contributed by atoms with Crippen molar-refractivity contribution in [3.05, 3.63) is 77.5 Å². The highest BCUT2D eigenvalue weighted by molar-refractivity contribution is 5.95. The van der Waals surface area contributed by atoms with Crippen LogP contribution in [0.25, 0.3) is 0 Å². The number of carbonyl (C=O) groups excluding carboxylic acids is 1. The van der Waals surface area contributed by atoms with Gasteiger partial charge in [0, 0.05) is 12.1 Å². The van der Waals surface area contributed by atoms with Crippen molar-refractivity contribution >= 4 is 29.2 Å². The lowest BCUT2D eigenvalue weighted by atomic mass is 10.1. The first kappa shape index (κ1) is 20.2. The number of para-hydroxylation sites is 2. The third kappa shape index (κ3) is 4.75. The summed E-state index contributed by atoms with van der Waals surface area (Å²) < 4.78 is 5.33. The minimum atomic E-state index is -1.23. The van der Waals surface area contributed by atoms with E-state index < -0.39 is 6.09 Å². The first-order chi connectivity index (χ1) is 15.0. The lowest BCUT2D eigenvalue weighted by molar-refractivity contribution is 0.0933. The molecule has 158 valence electrons. The summed E-state index contributed by atoms with van der Waals surface area (Å²) in [7, 11) is 1.55. The summed E-state index contributed by atoms with van der Waals surface area (Å²) in [5.41, 5.74) is 3.43. The number of benzene rings is 2. The molecule has 0 aliphatic heterocycles. The summed E-state index contributed by atoms with van der Waals surface area (Å²) in [5, 5.41) is 17.5. The molecular weight excluding hydrogens is 396 g/mol. The minimum Gasteiger partial charge on any atom is -0.495 e. The highest BCUT2D eigenvalue weighted by Gasteiger charge is 2.24. The topological polar surface area (TPSA) is 113 Å². The second-order valence-electron chi connectivity index (χ2n) is 7.23. The van der Waals surface area contributed by atoms with E-state index in [1.165, 1.54) is 23.3 Å². The second kappa shape index (κ2) is 8.74. The molecule has 1 aliphatic carbocycles. The van der Waals surface area contributed by atoms with Crippen molar-refractivity contribution in [3.63, 3.8) is 0 Å². The summed E-state index contributed by atoms with van der Waals surface area (Å²) in [6.45, 7) is 0. The normalized spacial score (nSPS) is 12.7. The highest BCUT2D eigenvalue weighted by atomic mass is 16.5. The maximum absolute atomic E-state index is 12.9. The van der Waals surface area contributed by atoms with Gasteiger partial charge in [-0.15, -0.1) is 0 Å². The number of aromatic nitrogens is 1. The Balaban J connectivity index is 1.57. The predicted octanol–water partition coefficient (Wildman–Crippen LogP) is 3.82. The van der Waals surface area contributed by atoms with Gasteiger partial charge in [-0.05, 0) is 42.2 Å². The van der Waals surface area contributed by atoms with Crippen LogP contribution in [-0.2, 0) is 12.8 Å². The van der Waals surface area contributed by atoms with E-state index in [2.05, 4.69) is 33.1 Å². The van der Waals surface area contributed by atoms with Crippen molar-refractivity contribution < 1.29 is 19.4 Å². The van der Waals surface area contributed by atoms with Gasteiger partial charge in [-0.1, -0.05) is 36.4 Å². The lowest BCUT2D eigenvalue weighted by Crippen LogP contribution is -2.35. The number of anilines is 3. The van der Waals surface area contributed by atoms with Crippen molar-refractivity contribution in [2.75, 3.05) is 17.7 Å². The van der Waals surface area contributed by atoms with Crippen LogP contribution in [0.2, 0.25) is 0 Å². The Morgan fingerprint density at radius 3 is 2.39 bits per heavy atom. The van der Waals surface area contributed by atoms with Gasteiger partial charge >= 0.3 is 6.09 Å². The molecule has 2 amide bonds. The van der Waals surface area contributed by atoms with Crippen molar-refractivity contribution in [2.45, 2.75) is 18.9 Å². The molecule has 8 heteroatoms. The van der Waals surface area contributed by atoms with E-state index in [9.17, 15) is 9.59 Å². The largest absolute Gasteiger partial charge is 0.495 e. The molecule has 4 rings (SSSR count).